The number of ether oxygens (including phenoxy) is 1. The van der Waals surface area contributed by atoms with Crippen LogP contribution in [0.3, 0.4) is 0 Å². The van der Waals surface area contributed by atoms with E-state index in [9.17, 15) is 4.79 Å². The fraction of sp³-hybridized carbons (Fsp3) is 0.250. The summed E-state index contributed by atoms with van der Waals surface area (Å²) in [7, 11) is 0. The summed E-state index contributed by atoms with van der Waals surface area (Å²) in [6, 6.07) is 7.33. The molecule has 0 atom stereocenters. The Bertz CT molecular complexity index is 371. The lowest BCUT2D eigenvalue weighted by atomic mass is 10.1. The molecule has 0 amide bonds. The third kappa shape index (κ3) is 4.61. The van der Waals surface area contributed by atoms with Crippen molar-refractivity contribution in [2.75, 3.05) is 6.61 Å². The maximum absolute atomic E-state index is 10.2. The van der Waals surface area contributed by atoms with Crippen LogP contribution in [0.15, 0.2) is 36.6 Å². The Labute approximate surface area is 93.8 Å². The number of benzene rings is 1. The molecular weight excluding hydrogens is 208 g/mol. The summed E-state index contributed by atoms with van der Waals surface area (Å²) in [5.74, 6) is -0.454. The Morgan fingerprint density at radius 2 is 2.25 bits per heavy atom. The van der Waals surface area contributed by atoms with Gasteiger partial charge in [0.1, 0.15) is 5.75 Å². The molecule has 0 aliphatic rings. The molecule has 0 unspecified atom stereocenters. The average Bonchev–Trinajstić information content (AvgIpc) is 2.26. The van der Waals surface area contributed by atoms with Gasteiger partial charge in [0.25, 0.3) is 0 Å². The highest BCUT2D eigenvalue weighted by Crippen LogP contribution is 2.14. The van der Waals surface area contributed by atoms with Crippen LogP contribution in [0.2, 0.25) is 0 Å². The number of aryl methyl sites for hydroxylation is 1. The summed E-state index contributed by atoms with van der Waals surface area (Å²) in [6.45, 7) is 0.157. The summed E-state index contributed by atoms with van der Waals surface area (Å²) in [4.78, 5) is 10.2. The number of hydrogen-bond donors (Lipinski definition) is 2. The highest BCUT2D eigenvalue weighted by molar-refractivity contribution is 5.79. The summed E-state index contributed by atoms with van der Waals surface area (Å²) in [5, 5.41) is 17.1. The molecule has 16 heavy (non-hydrogen) atoms. The van der Waals surface area contributed by atoms with Gasteiger partial charge in [-0.3, -0.25) is 0 Å². The van der Waals surface area contributed by atoms with E-state index in [4.69, 9.17) is 14.9 Å². The van der Waals surface area contributed by atoms with Gasteiger partial charge in [-0.2, -0.15) is 0 Å². The van der Waals surface area contributed by atoms with Crippen LogP contribution in [-0.4, -0.2) is 22.8 Å². The van der Waals surface area contributed by atoms with Gasteiger partial charge in [0.05, 0.1) is 12.3 Å². The first-order chi connectivity index (χ1) is 7.72. The largest absolute Gasteiger partial charge is 0.478 e. The van der Waals surface area contributed by atoms with Crippen LogP contribution in [0.1, 0.15) is 12.0 Å². The van der Waals surface area contributed by atoms with Crippen LogP contribution in [0.4, 0.5) is 0 Å². The molecule has 0 aliphatic heterocycles. The Morgan fingerprint density at radius 3 is 2.94 bits per heavy atom. The van der Waals surface area contributed by atoms with Gasteiger partial charge in [-0.25, -0.2) is 4.79 Å². The first-order valence-electron chi connectivity index (χ1n) is 4.98. The van der Waals surface area contributed by atoms with Crippen molar-refractivity contribution in [3.05, 3.63) is 42.2 Å². The molecule has 0 saturated carbocycles. The second-order valence-corrected chi connectivity index (χ2v) is 3.23. The fourth-order valence-corrected chi connectivity index (χ4v) is 1.23. The lowest BCUT2D eigenvalue weighted by molar-refractivity contribution is -0.131. The second-order valence-electron chi connectivity index (χ2n) is 3.23. The molecule has 0 fully saturated rings. The van der Waals surface area contributed by atoms with Crippen LogP contribution < -0.4 is 4.74 Å². The molecule has 0 saturated heterocycles. The number of rotatable bonds is 6. The minimum atomic E-state index is -1.04. The molecule has 0 heterocycles. The fourth-order valence-electron chi connectivity index (χ4n) is 1.23. The van der Waals surface area contributed by atoms with Crippen molar-refractivity contribution in [3.63, 3.8) is 0 Å². The monoisotopic (exact) mass is 222 g/mol. The van der Waals surface area contributed by atoms with Crippen LogP contribution in [0, 0.1) is 0 Å². The zero-order valence-electron chi connectivity index (χ0n) is 8.80. The molecule has 1 aromatic carbocycles. The van der Waals surface area contributed by atoms with Crippen molar-refractivity contribution in [1.29, 1.82) is 0 Å². The van der Waals surface area contributed by atoms with E-state index in [0.29, 0.717) is 12.2 Å². The van der Waals surface area contributed by atoms with E-state index in [0.717, 1.165) is 24.3 Å². The lowest BCUT2D eigenvalue weighted by Gasteiger charge is -2.03. The third-order valence-corrected chi connectivity index (χ3v) is 1.94. The van der Waals surface area contributed by atoms with E-state index in [2.05, 4.69) is 0 Å². The smallest absolute Gasteiger partial charge is 0.331 e. The molecule has 2 N–H and O–H groups in total. The van der Waals surface area contributed by atoms with E-state index in [1.807, 2.05) is 18.2 Å². The number of carboxylic acid groups (broad SMARTS) is 1. The van der Waals surface area contributed by atoms with Gasteiger partial charge in [0, 0.05) is 6.61 Å². The van der Waals surface area contributed by atoms with Crippen molar-refractivity contribution in [2.45, 2.75) is 12.8 Å². The molecule has 0 bridgehead atoms. The highest BCUT2D eigenvalue weighted by Gasteiger charge is 1.96. The predicted molar refractivity (Wildman–Crippen MR) is 59.3 cm³/mol. The van der Waals surface area contributed by atoms with E-state index in [1.165, 1.54) is 0 Å². The van der Waals surface area contributed by atoms with Crippen molar-refractivity contribution in [1.82, 2.24) is 0 Å². The SMILES string of the molecule is O=C(O)/C=C/Oc1cccc(CCCO)c1. The summed E-state index contributed by atoms with van der Waals surface area (Å²) < 4.78 is 5.11. The van der Waals surface area contributed by atoms with Crippen LogP contribution in [-0.2, 0) is 11.2 Å². The van der Waals surface area contributed by atoms with Gasteiger partial charge in [0.15, 0.2) is 0 Å². The van der Waals surface area contributed by atoms with Gasteiger partial charge < -0.3 is 14.9 Å². The molecule has 4 nitrogen and oxygen atoms in total. The Kier molecular flexibility index (Phi) is 5.08. The highest BCUT2D eigenvalue weighted by atomic mass is 16.5. The number of carbonyl (C=O) groups is 1. The van der Waals surface area contributed by atoms with Crippen molar-refractivity contribution < 1.29 is 19.7 Å². The molecule has 4 heteroatoms. The average molecular weight is 222 g/mol. The number of aliphatic hydroxyl groups is 1. The van der Waals surface area contributed by atoms with E-state index in [1.54, 1.807) is 6.07 Å². The topological polar surface area (TPSA) is 66.8 Å². The van der Waals surface area contributed by atoms with Gasteiger partial charge in [0.2, 0.25) is 0 Å². The van der Waals surface area contributed by atoms with Gasteiger partial charge in [-0.15, -0.1) is 0 Å². The van der Waals surface area contributed by atoms with E-state index >= 15 is 0 Å². The van der Waals surface area contributed by atoms with Crippen LogP contribution in [0.5, 0.6) is 5.75 Å². The zero-order chi connectivity index (χ0) is 11.8. The molecule has 0 aromatic heterocycles. The first kappa shape index (κ1) is 12.3. The molecule has 0 radical (unpaired) electrons. The molecule has 86 valence electrons. The number of carboxylic acids is 1. The van der Waals surface area contributed by atoms with Gasteiger partial charge in [-0.1, -0.05) is 12.1 Å². The molecular formula is C12H14O4. The standard InChI is InChI=1S/C12H14O4/c13-7-2-4-10-3-1-5-11(9-10)16-8-6-12(14)15/h1,3,5-6,8-9,13H,2,4,7H2,(H,14,15)/b8-6+. The minimum Gasteiger partial charge on any atom is -0.478 e. The van der Waals surface area contributed by atoms with Gasteiger partial charge >= 0.3 is 5.97 Å². The Balaban J connectivity index is 2.56. The molecule has 1 rings (SSSR count). The van der Waals surface area contributed by atoms with Gasteiger partial charge in [-0.05, 0) is 30.5 Å². The quantitative estimate of drug-likeness (QED) is 0.566. The number of hydrogen-bond acceptors (Lipinski definition) is 3. The van der Waals surface area contributed by atoms with Crippen molar-refractivity contribution in [3.8, 4) is 5.75 Å². The summed E-state index contributed by atoms with van der Waals surface area (Å²) in [6.07, 6.45) is 3.54. The second kappa shape index (κ2) is 6.63. The van der Waals surface area contributed by atoms with Crippen molar-refractivity contribution >= 4 is 5.97 Å². The molecule has 0 aliphatic carbocycles. The predicted octanol–water partition coefficient (Wildman–Crippen LogP) is 1.59. The maximum Gasteiger partial charge on any atom is 0.331 e. The van der Waals surface area contributed by atoms with Crippen LogP contribution >= 0.6 is 0 Å². The summed E-state index contributed by atoms with van der Waals surface area (Å²) >= 11 is 0. The normalized spacial score (nSPS) is 10.6. The Hall–Kier alpha value is -1.81. The van der Waals surface area contributed by atoms with E-state index in [-0.39, 0.29) is 6.61 Å². The number of aliphatic hydroxyl groups excluding tert-OH is 1. The lowest BCUT2D eigenvalue weighted by Crippen LogP contribution is -1.92. The summed E-state index contributed by atoms with van der Waals surface area (Å²) in [5.41, 5.74) is 1.05. The minimum absolute atomic E-state index is 0.157. The first-order valence-corrected chi connectivity index (χ1v) is 4.98. The Morgan fingerprint density at radius 1 is 1.44 bits per heavy atom. The van der Waals surface area contributed by atoms with Crippen LogP contribution in [0.25, 0.3) is 0 Å². The number of aliphatic carboxylic acids is 1. The maximum atomic E-state index is 10.2. The van der Waals surface area contributed by atoms with Crippen molar-refractivity contribution in [2.24, 2.45) is 0 Å². The molecule has 0 spiro atoms. The van der Waals surface area contributed by atoms with E-state index < -0.39 is 5.97 Å². The zero-order valence-corrected chi connectivity index (χ0v) is 8.80. The third-order valence-electron chi connectivity index (χ3n) is 1.94. The molecule has 1 aromatic rings.